The Bertz CT molecular complexity index is 579. The van der Waals surface area contributed by atoms with Crippen LogP contribution in [0.1, 0.15) is 35.0 Å². The summed E-state index contributed by atoms with van der Waals surface area (Å²) in [4.78, 5) is 11.4. The topological polar surface area (TPSA) is 37.3 Å². The van der Waals surface area contributed by atoms with E-state index in [1.165, 1.54) is 29.7 Å². The Balaban J connectivity index is 2.26. The van der Waals surface area contributed by atoms with Crippen molar-refractivity contribution in [3.63, 3.8) is 0 Å². The molecule has 0 unspecified atom stereocenters. The molecule has 2 aromatic rings. The van der Waals surface area contributed by atoms with E-state index in [1.807, 2.05) is 12.1 Å². The molecule has 1 saturated carbocycles. The second kappa shape index (κ2) is 3.08. The largest absolute Gasteiger partial charge is 0.477 e. The molecule has 1 aliphatic carbocycles. The summed E-state index contributed by atoms with van der Waals surface area (Å²) in [6.45, 7) is 2.25. The highest BCUT2D eigenvalue weighted by Crippen LogP contribution is 2.50. The smallest absolute Gasteiger partial charge is 0.345 e. The number of benzene rings is 1. The summed E-state index contributed by atoms with van der Waals surface area (Å²) < 4.78 is 1.15. The van der Waals surface area contributed by atoms with Crippen molar-refractivity contribution >= 4 is 27.4 Å². The van der Waals surface area contributed by atoms with Crippen LogP contribution in [-0.2, 0) is 5.41 Å². The zero-order valence-corrected chi connectivity index (χ0v) is 9.80. The standard InChI is InChI=1S/C13H12O2S/c1-13(5-6-13)9-4-2-3-8-7-10(12(14)15)16-11(8)9/h2-4,7H,5-6H2,1H3,(H,14,15). The maximum atomic E-state index is 11.0. The van der Waals surface area contributed by atoms with Crippen LogP contribution in [0.25, 0.3) is 10.1 Å². The fraction of sp³-hybridized carbons (Fsp3) is 0.308. The number of fused-ring (bicyclic) bond motifs is 1. The molecular formula is C13H12O2S. The molecule has 1 aromatic carbocycles. The number of hydrogen-bond acceptors (Lipinski definition) is 2. The fourth-order valence-corrected chi connectivity index (χ4v) is 3.26. The molecule has 0 amide bonds. The van der Waals surface area contributed by atoms with Gasteiger partial charge in [-0.05, 0) is 35.3 Å². The van der Waals surface area contributed by atoms with E-state index in [4.69, 9.17) is 5.11 Å². The molecule has 3 heteroatoms. The van der Waals surface area contributed by atoms with Gasteiger partial charge in [0.1, 0.15) is 4.88 Å². The van der Waals surface area contributed by atoms with Crippen LogP contribution in [0.4, 0.5) is 0 Å². The predicted octanol–water partition coefficient (Wildman–Crippen LogP) is 3.65. The summed E-state index contributed by atoms with van der Waals surface area (Å²) >= 11 is 1.40. The molecule has 1 heterocycles. The molecule has 0 bridgehead atoms. The van der Waals surface area contributed by atoms with Gasteiger partial charge >= 0.3 is 5.97 Å². The average Bonchev–Trinajstić information content (AvgIpc) is 2.84. The quantitative estimate of drug-likeness (QED) is 0.858. The number of carbonyl (C=O) groups is 1. The molecule has 1 aliphatic rings. The van der Waals surface area contributed by atoms with Crippen LogP contribution in [0.5, 0.6) is 0 Å². The third-order valence-electron chi connectivity index (χ3n) is 3.41. The molecular weight excluding hydrogens is 220 g/mol. The van der Waals surface area contributed by atoms with Gasteiger partial charge in [0.05, 0.1) is 0 Å². The van der Waals surface area contributed by atoms with Gasteiger partial charge in [0.15, 0.2) is 0 Å². The number of hydrogen-bond donors (Lipinski definition) is 1. The third-order valence-corrected chi connectivity index (χ3v) is 4.58. The van der Waals surface area contributed by atoms with Crippen LogP contribution in [0.2, 0.25) is 0 Å². The Kier molecular flexibility index (Phi) is 1.89. The lowest BCUT2D eigenvalue weighted by Gasteiger charge is -2.09. The van der Waals surface area contributed by atoms with Crippen molar-refractivity contribution in [2.75, 3.05) is 0 Å². The van der Waals surface area contributed by atoms with E-state index < -0.39 is 5.97 Å². The van der Waals surface area contributed by atoms with Crippen molar-refractivity contribution in [1.29, 1.82) is 0 Å². The Morgan fingerprint density at radius 1 is 1.44 bits per heavy atom. The number of rotatable bonds is 2. The van der Waals surface area contributed by atoms with E-state index in [1.54, 1.807) is 6.07 Å². The second-order valence-electron chi connectivity index (χ2n) is 4.70. The summed E-state index contributed by atoms with van der Waals surface area (Å²) in [7, 11) is 0. The summed E-state index contributed by atoms with van der Waals surface area (Å²) in [5.41, 5.74) is 1.61. The van der Waals surface area contributed by atoms with Crippen LogP contribution < -0.4 is 0 Å². The number of aromatic carboxylic acids is 1. The SMILES string of the molecule is CC1(c2cccc3cc(C(=O)O)sc23)CC1. The molecule has 16 heavy (non-hydrogen) atoms. The number of thiophene rings is 1. The molecule has 1 aromatic heterocycles. The molecule has 0 spiro atoms. The van der Waals surface area contributed by atoms with Crippen molar-refractivity contribution < 1.29 is 9.90 Å². The number of carboxylic acids is 1. The van der Waals surface area contributed by atoms with Crippen molar-refractivity contribution in [2.24, 2.45) is 0 Å². The zero-order valence-electron chi connectivity index (χ0n) is 8.99. The van der Waals surface area contributed by atoms with E-state index in [0.29, 0.717) is 10.3 Å². The first-order valence-electron chi connectivity index (χ1n) is 5.36. The maximum Gasteiger partial charge on any atom is 0.345 e. The van der Waals surface area contributed by atoms with E-state index in [2.05, 4.69) is 13.0 Å². The van der Waals surface area contributed by atoms with Gasteiger partial charge < -0.3 is 5.11 Å². The molecule has 1 N–H and O–H groups in total. The Morgan fingerprint density at radius 2 is 2.19 bits per heavy atom. The summed E-state index contributed by atoms with van der Waals surface area (Å²) in [5, 5.41) is 10.1. The minimum atomic E-state index is -0.826. The normalized spacial score (nSPS) is 17.6. The molecule has 0 radical (unpaired) electrons. The maximum absolute atomic E-state index is 11.0. The predicted molar refractivity (Wildman–Crippen MR) is 65.4 cm³/mol. The van der Waals surface area contributed by atoms with Gasteiger partial charge in [-0.15, -0.1) is 11.3 Å². The third kappa shape index (κ3) is 1.35. The van der Waals surface area contributed by atoms with E-state index in [-0.39, 0.29) is 0 Å². The molecule has 0 atom stereocenters. The van der Waals surface area contributed by atoms with E-state index in [0.717, 1.165) is 10.1 Å². The first-order chi connectivity index (χ1) is 7.60. The van der Waals surface area contributed by atoms with Gasteiger partial charge in [-0.25, -0.2) is 4.79 Å². The average molecular weight is 232 g/mol. The molecule has 82 valence electrons. The Labute approximate surface area is 97.5 Å². The second-order valence-corrected chi connectivity index (χ2v) is 5.75. The summed E-state index contributed by atoms with van der Waals surface area (Å²) in [5.74, 6) is -0.826. The van der Waals surface area contributed by atoms with E-state index >= 15 is 0 Å². The molecule has 0 saturated heterocycles. The van der Waals surface area contributed by atoms with Crippen LogP contribution in [0, 0.1) is 0 Å². The van der Waals surface area contributed by atoms with Gasteiger partial charge in [0, 0.05) is 4.70 Å². The van der Waals surface area contributed by atoms with Crippen LogP contribution in [0.3, 0.4) is 0 Å². The van der Waals surface area contributed by atoms with Gasteiger partial charge in [-0.3, -0.25) is 0 Å². The van der Waals surface area contributed by atoms with Crippen LogP contribution in [0.15, 0.2) is 24.3 Å². The minimum absolute atomic E-state index is 0.292. The lowest BCUT2D eigenvalue weighted by atomic mass is 9.97. The van der Waals surface area contributed by atoms with Crippen molar-refractivity contribution in [1.82, 2.24) is 0 Å². The fourth-order valence-electron chi connectivity index (χ4n) is 2.10. The zero-order chi connectivity index (χ0) is 11.3. The molecule has 2 nitrogen and oxygen atoms in total. The first kappa shape index (κ1) is 9.85. The van der Waals surface area contributed by atoms with Gasteiger partial charge in [0.2, 0.25) is 0 Å². The summed E-state index contributed by atoms with van der Waals surface area (Å²) in [6, 6.07) is 7.93. The van der Waals surface area contributed by atoms with Crippen molar-refractivity contribution in [3.8, 4) is 0 Å². The molecule has 0 aliphatic heterocycles. The van der Waals surface area contributed by atoms with Gasteiger partial charge in [0.25, 0.3) is 0 Å². The highest BCUT2D eigenvalue weighted by atomic mass is 32.1. The van der Waals surface area contributed by atoms with Crippen molar-refractivity contribution in [2.45, 2.75) is 25.2 Å². The number of carboxylic acid groups (broad SMARTS) is 1. The van der Waals surface area contributed by atoms with Crippen LogP contribution in [-0.4, -0.2) is 11.1 Å². The Morgan fingerprint density at radius 3 is 2.81 bits per heavy atom. The van der Waals surface area contributed by atoms with Crippen molar-refractivity contribution in [3.05, 3.63) is 34.7 Å². The minimum Gasteiger partial charge on any atom is -0.477 e. The monoisotopic (exact) mass is 232 g/mol. The lowest BCUT2D eigenvalue weighted by Crippen LogP contribution is -1.98. The van der Waals surface area contributed by atoms with Gasteiger partial charge in [-0.2, -0.15) is 0 Å². The first-order valence-corrected chi connectivity index (χ1v) is 6.18. The highest BCUT2D eigenvalue weighted by molar-refractivity contribution is 7.21. The lowest BCUT2D eigenvalue weighted by molar-refractivity contribution is 0.0702. The summed E-state index contributed by atoms with van der Waals surface area (Å²) in [6.07, 6.45) is 2.43. The molecule has 3 rings (SSSR count). The van der Waals surface area contributed by atoms with Crippen LogP contribution >= 0.6 is 11.3 Å². The van der Waals surface area contributed by atoms with Gasteiger partial charge in [-0.1, -0.05) is 25.1 Å². The van der Waals surface area contributed by atoms with E-state index in [9.17, 15) is 4.79 Å². The highest BCUT2D eigenvalue weighted by Gasteiger charge is 2.40. The Hall–Kier alpha value is -1.35. The molecule has 1 fully saturated rings.